The summed E-state index contributed by atoms with van der Waals surface area (Å²) in [5, 5.41) is 9.37. The molecule has 0 bridgehead atoms. The Morgan fingerprint density at radius 3 is 2.71 bits per heavy atom. The van der Waals surface area contributed by atoms with Crippen LogP contribution in [-0.2, 0) is 4.74 Å². The van der Waals surface area contributed by atoms with E-state index in [9.17, 15) is 5.26 Å². The van der Waals surface area contributed by atoms with E-state index in [2.05, 4.69) is 33.0 Å². The van der Waals surface area contributed by atoms with Gasteiger partial charge < -0.3 is 4.74 Å². The molecular weight excluding hydrogens is 280 g/mol. The summed E-state index contributed by atoms with van der Waals surface area (Å²) in [6.07, 6.45) is 0. The molecule has 3 nitrogen and oxygen atoms in total. The van der Waals surface area contributed by atoms with Gasteiger partial charge in [-0.2, -0.15) is 5.26 Å². The van der Waals surface area contributed by atoms with E-state index in [1.807, 2.05) is 19.1 Å². The van der Waals surface area contributed by atoms with E-state index in [1.165, 1.54) is 5.56 Å². The third-order valence-corrected chi connectivity index (χ3v) is 3.67. The summed E-state index contributed by atoms with van der Waals surface area (Å²) in [6.45, 7) is 5.10. The summed E-state index contributed by atoms with van der Waals surface area (Å²) in [7, 11) is 0. The first-order valence-electron chi connectivity index (χ1n) is 5.70. The lowest BCUT2D eigenvalue weighted by atomic mass is 10.0. The summed E-state index contributed by atoms with van der Waals surface area (Å²) in [6, 6.07) is 8.34. The van der Waals surface area contributed by atoms with Crippen LogP contribution in [0.4, 0.5) is 0 Å². The second-order valence-electron chi connectivity index (χ2n) is 4.20. The Bertz CT molecular complexity index is 436. The zero-order chi connectivity index (χ0) is 12.3. The smallest absolute Gasteiger partial charge is 0.125 e. The molecule has 1 fully saturated rings. The SMILES string of the molecule is Cc1ccc(C(C#N)N2CCOCC2)c(Br)c1. The molecule has 0 aromatic heterocycles. The van der Waals surface area contributed by atoms with Gasteiger partial charge >= 0.3 is 0 Å². The van der Waals surface area contributed by atoms with Gasteiger partial charge in [0, 0.05) is 17.6 Å². The van der Waals surface area contributed by atoms with E-state index in [-0.39, 0.29) is 6.04 Å². The fraction of sp³-hybridized carbons (Fsp3) is 0.462. The number of ether oxygens (including phenoxy) is 1. The number of benzene rings is 1. The molecule has 1 heterocycles. The van der Waals surface area contributed by atoms with Gasteiger partial charge in [0.05, 0.1) is 19.3 Å². The standard InChI is InChI=1S/C13H15BrN2O/c1-10-2-3-11(12(14)8-10)13(9-15)16-4-6-17-7-5-16/h2-3,8,13H,4-7H2,1H3. The Kier molecular flexibility index (Phi) is 4.16. The molecule has 1 saturated heterocycles. The Balaban J connectivity index is 2.25. The quantitative estimate of drug-likeness (QED) is 0.841. The summed E-state index contributed by atoms with van der Waals surface area (Å²) in [4.78, 5) is 2.17. The zero-order valence-corrected chi connectivity index (χ0v) is 11.4. The van der Waals surface area contributed by atoms with Crippen molar-refractivity contribution in [3.63, 3.8) is 0 Å². The van der Waals surface area contributed by atoms with E-state index in [4.69, 9.17) is 4.74 Å². The van der Waals surface area contributed by atoms with Crippen LogP contribution in [0.2, 0.25) is 0 Å². The summed E-state index contributed by atoms with van der Waals surface area (Å²) < 4.78 is 6.33. The lowest BCUT2D eigenvalue weighted by molar-refractivity contribution is 0.0265. The first-order chi connectivity index (χ1) is 8.22. The third kappa shape index (κ3) is 2.86. The largest absolute Gasteiger partial charge is 0.379 e. The highest BCUT2D eigenvalue weighted by molar-refractivity contribution is 9.10. The molecule has 17 heavy (non-hydrogen) atoms. The van der Waals surface area contributed by atoms with Crippen LogP contribution in [0, 0.1) is 18.3 Å². The first kappa shape index (κ1) is 12.6. The highest BCUT2D eigenvalue weighted by Crippen LogP contribution is 2.28. The number of aryl methyl sites for hydroxylation is 1. The molecule has 0 spiro atoms. The first-order valence-corrected chi connectivity index (χ1v) is 6.49. The van der Waals surface area contributed by atoms with Crippen molar-refractivity contribution in [2.75, 3.05) is 26.3 Å². The summed E-state index contributed by atoms with van der Waals surface area (Å²) in [5.41, 5.74) is 2.24. The van der Waals surface area contributed by atoms with Crippen molar-refractivity contribution in [3.8, 4) is 6.07 Å². The molecular formula is C13H15BrN2O. The number of hydrogen-bond acceptors (Lipinski definition) is 3. The van der Waals surface area contributed by atoms with Crippen LogP contribution < -0.4 is 0 Å². The Labute approximate surface area is 110 Å². The topological polar surface area (TPSA) is 36.3 Å². The highest BCUT2D eigenvalue weighted by Gasteiger charge is 2.23. The third-order valence-electron chi connectivity index (χ3n) is 2.98. The van der Waals surface area contributed by atoms with Crippen LogP contribution in [0.15, 0.2) is 22.7 Å². The zero-order valence-electron chi connectivity index (χ0n) is 9.82. The highest BCUT2D eigenvalue weighted by atomic mass is 79.9. The minimum atomic E-state index is -0.186. The van der Waals surface area contributed by atoms with Crippen molar-refractivity contribution in [2.24, 2.45) is 0 Å². The van der Waals surface area contributed by atoms with E-state index < -0.39 is 0 Å². The van der Waals surface area contributed by atoms with Crippen molar-refractivity contribution in [1.29, 1.82) is 5.26 Å². The molecule has 0 N–H and O–H groups in total. The molecule has 1 aliphatic heterocycles. The van der Waals surface area contributed by atoms with Gasteiger partial charge in [-0.25, -0.2) is 0 Å². The predicted molar refractivity (Wildman–Crippen MR) is 69.6 cm³/mol. The fourth-order valence-corrected chi connectivity index (χ4v) is 2.75. The maximum Gasteiger partial charge on any atom is 0.125 e. The molecule has 90 valence electrons. The van der Waals surface area contributed by atoms with Gasteiger partial charge in [0.25, 0.3) is 0 Å². The Morgan fingerprint density at radius 1 is 1.41 bits per heavy atom. The lowest BCUT2D eigenvalue weighted by Gasteiger charge is -2.31. The molecule has 1 aromatic carbocycles. The van der Waals surface area contributed by atoms with Crippen LogP contribution in [0.25, 0.3) is 0 Å². The lowest BCUT2D eigenvalue weighted by Crippen LogP contribution is -2.38. The van der Waals surface area contributed by atoms with Crippen LogP contribution in [-0.4, -0.2) is 31.2 Å². The average molecular weight is 295 g/mol. The molecule has 2 rings (SSSR count). The minimum absolute atomic E-state index is 0.186. The minimum Gasteiger partial charge on any atom is -0.379 e. The molecule has 0 radical (unpaired) electrons. The van der Waals surface area contributed by atoms with Crippen molar-refractivity contribution < 1.29 is 4.74 Å². The predicted octanol–water partition coefficient (Wildman–Crippen LogP) is 2.65. The van der Waals surface area contributed by atoms with Crippen molar-refractivity contribution in [3.05, 3.63) is 33.8 Å². The molecule has 4 heteroatoms. The molecule has 1 atom stereocenters. The van der Waals surface area contributed by atoms with Crippen LogP contribution >= 0.6 is 15.9 Å². The molecule has 0 aliphatic carbocycles. The maximum atomic E-state index is 9.37. The second-order valence-corrected chi connectivity index (χ2v) is 5.06. The summed E-state index contributed by atoms with van der Waals surface area (Å²) >= 11 is 3.55. The van der Waals surface area contributed by atoms with E-state index in [0.29, 0.717) is 13.2 Å². The number of rotatable bonds is 2. The number of nitriles is 1. The van der Waals surface area contributed by atoms with E-state index in [1.54, 1.807) is 0 Å². The van der Waals surface area contributed by atoms with Gasteiger partial charge in [0.1, 0.15) is 6.04 Å². The monoisotopic (exact) mass is 294 g/mol. The van der Waals surface area contributed by atoms with E-state index >= 15 is 0 Å². The van der Waals surface area contributed by atoms with Gasteiger partial charge in [-0.1, -0.05) is 28.1 Å². The molecule has 1 aliphatic rings. The van der Waals surface area contributed by atoms with Gasteiger partial charge in [-0.05, 0) is 24.1 Å². The van der Waals surface area contributed by atoms with E-state index in [0.717, 1.165) is 23.1 Å². The van der Waals surface area contributed by atoms with Crippen LogP contribution in [0.1, 0.15) is 17.2 Å². The van der Waals surface area contributed by atoms with Crippen molar-refractivity contribution in [1.82, 2.24) is 4.90 Å². The Morgan fingerprint density at radius 2 is 2.12 bits per heavy atom. The van der Waals surface area contributed by atoms with Crippen LogP contribution in [0.5, 0.6) is 0 Å². The number of hydrogen-bond donors (Lipinski definition) is 0. The second kappa shape index (κ2) is 5.63. The van der Waals surface area contributed by atoms with Crippen molar-refractivity contribution in [2.45, 2.75) is 13.0 Å². The molecule has 1 unspecified atom stereocenters. The van der Waals surface area contributed by atoms with Gasteiger partial charge in [0.15, 0.2) is 0 Å². The van der Waals surface area contributed by atoms with Gasteiger partial charge in [-0.15, -0.1) is 0 Å². The molecule has 0 saturated carbocycles. The average Bonchev–Trinajstić information content (AvgIpc) is 2.34. The van der Waals surface area contributed by atoms with Gasteiger partial charge in [-0.3, -0.25) is 4.90 Å². The van der Waals surface area contributed by atoms with Crippen molar-refractivity contribution >= 4 is 15.9 Å². The van der Waals surface area contributed by atoms with Gasteiger partial charge in [0.2, 0.25) is 0 Å². The number of morpholine rings is 1. The maximum absolute atomic E-state index is 9.37. The summed E-state index contributed by atoms with van der Waals surface area (Å²) in [5.74, 6) is 0. The number of halogens is 1. The molecule has 1 aromatic rings. The van der Waals surface area contributed by atoms with Crippen LogP contribution in [0.3, 0.4) is 0 Å². The fourth-order valence-electron chi connectivity index (χ4n) is 2.04. The number of nitrogens with zero attached hydrogens (tertiary/aromatic N) is 2. The molecule has 0 amide bonds. The normalized spacial score (nSPS) is 18.6. The Hall–Kier alpha value is -0.890.